The smallest absolute Gasteiger partial charge is 0.344 e. The van der Waals surface area contributed by atoms with Gasteiger partial charge in [0.2, 0.25) is 5.88 Å². The Morgan fingerprint density at radius 2 is 1.83 bits per heavy atom. The minimum absolute atomic E-state index is 0.0547. The van der Waals surface area contributed by atoms with Gasteiger partial charge in [-0.05, 0) is 45.1 Å². The molecule has 0 aliphatic rings. The highest BCUT2D eigenvalue weighted by molar-refractivity contribution is 7.80. The average molecular weight is 346 g/mol. The van der Waals surface area contributed by atoms with Crippen molar-refractivity contribution in [1.29, 1.82) is 0 Å². The third kappa shape index (κ3) is 3.99. The Hall–Kier alpha value is -2.67. The van der Waals surface area contributed by atoms with Crippen LogP contribution in [-0.4, -0.2) is 23.5 Å². The van der Waals surface area contributed by atoms with Gasteiger partial charge < -0.3 is 19.8 Å². The van der Waals surface area contributed by atoms with Crippen LogP contribution in [0.1, 0.15) is 40.3 Å². The van der Waals surface area contributed by atoms with Crippen LogP contribution in [0.15, 0.2) is 34.7 Å². The number of anilines is 2. The number of furan rings is 1. The van der Waals surface area contributed by atoms with Crippen LogP contribution < -0.4 is 10.6 Å². The van der Waals surface area contributed by atoms with Crippen LogP contribution >= 0.6 is 12.2 Å². The van der Waals surface area contributed by atoms with E-state index in [4.69, 9.17) is 21.4 Å². The van der Waals surface area contributed by atoms with Crippen molar-refractivity contribution >= 4 is 40.7 Å². The Morgan fingerprint density at radius 1 is 1.17 bits per heavy atom. The van der Waals surface area contributed by atoms with Crippen LogP contribution in [-0.2, 0) is 4.74 Å². The number of benzene rings is 1. The number of nitrogens with one attached hydrogen (secondary N) is 2. The monoisotopic (exact) mass is 346 g/mol. The summed E-state index contributed by atoms with van der Waals surface area (Å²) in [5.41, 5.74) is 1.03. The summed E-state index contributed by atoms with van der Waals surface area (Å²) in [6, 6.07) is 9.29. The van der Waals surface area contributed by atoms with Crippen LogP contribution in [0.5, 0.6) is 0 Å². The third-order valence-corrected chi connectivity index (χ3v) is 3.38. The first kappa shape index (κ1) is 17.7. The van der Waals surface area contributed by atoms with E-state index in [1.54, 1.807) is 13.8 Å². The quantitative estimate of drug-likeness (QED) is 0.484. The van der Waals surface area contributed by atoms with Gasteiger partial charge in [0, 0.05) is 5.69 Å². The number of Topliss-reactive ketones (excluding diaryl/α,β-unsaturated/α-hetero) is 1. The first-order valence-electron chi connectivity index (χ1n) is 7.38. The van der Waals surface area contributed by atoms with Crippen molar-refractivity contribution in [3.05, 3.63) is 47.2 Å². The number of ether oxygens (including phenoxy) is 1. The Labute approximate surface area is 145 Å². The van der Waals surface area contributed by atoms with Crippen molar-refractivity contribution in [1.82, 2.24) is 0 Å². The zero-order valence-corrected chi connectivity index (χ0v) is 14.5. The molecule has 7 heteroatoms. The van der Waals surface area contributed by atoms with E-state index in [0.717, 1.165) is 5.69 Å². The molecule has 0 radical (unpaired) electrons. The maximum atomic E-state index is 12.2. The van der Waals surface area contributed by atoms with Gasteiger partial charge in [-0.3, -0.25) is 4.79 Å². The number of thiocarbonyl (C=S) groups is 1. The molecule has 2 rings (SSSR count). The number of ketones is 1. The fourth-order valence-corrected chi connectivity index (χ4v) is 2.45. The Kier molecular flexibility index (Phi) is 5.70. The SMILES string of the molecule is CCOC(=O)c1c(NC(=S)Nc2ccccc2)oc(C)c1C(C)=O. The number of rotatable bonds is 5. The fourth-order valence-electron chi connectivity index (χ4n) is 2.24. The van der Waals surface area contributed by atoms with Gasteiger partial charge in [-0.2, -0.15) is 0 Å². The standard InChI is InChI=1S/C17H18N2O4S/c1-4-22-16(21)14-13(10(2)20)11(3)23-15(14)19-17(24)18-12-8-6-5-7-9-12/h5-9H,4H2,1-3H3,(H2,18,19,24). The normalized spacial score (nSPS) is 10.1. The molecule has 0 aliphatic heterocycles. The average Bonchev–Trinajstić information content (AvgIpc) is 2.84. The van der Waals surface area contributed by atoms with E-state index < -0.39 is 5.97 Å². The highest BCUT2D eigenvalue weighted by Crippen LogP contribution is 2.28. The first-order valence-corrected chi connectivity index (χ1v) is 7.79. The lowest BCUT2D eigenvalue weighted by Crippen LogP contribution is -2.21. The molecule has 0 bridgehead atoms. The molecule has 0 atom stereocenters. The molecule has 1 heterocycles. The summed E-state index contributed by atoms with van der Waals surface area (Å²) in [7, 11) is 0. The van der Waals surface area contributed by atoms with E-state index in [9.17, 15) is 9.59 Å². The minimum Gasteiger partial charge on any atom is -0.462 e. The van der Waals surface area contributed by atoms with E-state index in [-0.39, 0.29) is 34.5 Å². The second-order valence-corrected chi connectivity index (χ2v) is 5.37. The zero-order valence-electron chi connectivity index (χ0n) is 13.6. The van der Waals surface area contributed by atoms with Gasteiger partial charge in [-0.25, -0.2) is 4.79 Å². The first-order chi connectivity index (χ1) is 11.4. The molecule has 0 amide bonds. The van der Waals surface area contributed by atoms with Crippen LogP contribution in [0.3, 0.4) is 0 Å². The summed E-state index contributed by atoms with van der Waals surface area (Å²) in [6.07, 6.45) is 0. The molecular weight excluding hydrogens is 328 g/mol. The fraction of sp³-hybridized carbons (Fsp3) is 0.235. The van der Waals surface area contributed by atoms with Crippen LogP contribution in [0.4, 0.5) is 11.6 Å². The van der Waals surface area contributed by atoms with Gasteiger partial charge >= 0.3 is 5.97 Å². The molecule has 2 aromatic rings. The van der Waals surface area contributed by atoms with Gasteiger partial charge in [0.1, 0.15) is 11.3 Å². The topological polar surface area (TPSA) is 80.6 Å². The summed E-state index contributed by atoms with van der Waals surface area (Å²) in [6.45, 7) is 4.85. The summed E-state index contributed by atoms with van der Waals surface area (Å²) >= 11 is 5.23. The number of carbonyl (C=O) groups is 2. The lowest BCUT2D eigenvalue weighted by atomic mass is 10.1. The summed E-state index contributed by atoms with van der Waals surface area (Å²) in [5.74, 6) is -0.501. The van der Waals surface area contributed by atoms with Crippen molar-refractivity contribution in [3.8, 4) is 0 Å². The highest BCUT2D eigenvalue weighted by Gasteiger charge is 2.28. The van der Waals surface area contributed by atoms with E-state index in [0.29, 0.717) is 5.76 Å². The molecule has 0 unspecified atom stereocenters. The molecule has 2 N–H and O–H groups in total. The third-order valence-electron chi connectivity index (χ3n) is 3.17. The van der Waals surface area contributed by atoms with Crippen molar-refractivity contribution < 1.29 is 18.7 Å². The highest BCUT2D eigenvalue weighted by atomic mass is 32.1. The van der Waals surface area contributed by atoms with Crippen molar-refractivity contribution in [2.75, 3.05) is 17.2 Å². The maximum absolute atomic E-state index is 12.2. The number of aryl methyl sites for hydroxylation is 1. The number of hydrogen-bond acceptors (Lipinski definition) is 5. The number of esters is 1. The predicted molar refractivity (Wildman–Crippen MR) is 95.7 cm³/mol. The van der Waals surface area contributed by atoms with Gasteiger partial charge in [0.15, 0.2) is 10.9 Å². The second kappa shape index (κ2) is 7.74. The van der Waals surface area contributed by atoms with E-state index >= 15 is 0 Å². The Balaban J connectivity index is 2.29. The molecule has 1 aromatic heterocycles. The molecule has 6 nitrogen and oxygen atoms in total. The second-order valence-electron chi connectivity index (χ2n) is 4.96. The maximum Gasteiger partial charge on any atom is 0.344 e. The number of para-hydroxylation sites is 1. The predicted octanol–water partition coefficient (Wildman–Crippen LogP) is 3.78. The summed E-state index contributed by atoms with van der Waals surface area (Å²) in [4.78, 5) is 24.0. The number of hydrogen-bond donors (Lipinski definition) is 2. The van der Waals surface area contributed by atoms with Crippen LogP contribution in [0, 0.1) is 6.92 Å². The van der Waals surface area contributed by atoms with E-state index in [1.165, 1.54) is 6.92 Å². The van der Waals surface area contributed by atoms with Gasteiger partial charge in [-0.15, -0.1) is 0 Å². The van der Waals surface area contributed by atoms with Gasteiger partial charge in [0.05, 0.1) is 12.2 Å². The summed E-state index contributed by atoms with van der Waals surface area (Å²) < 4.78 is 10.5. The van der Waals surface area contributed by atoms with Gasteiger partial charge in [-0.1, -0.05) is 18.2 Å². The molecule has 0 fully saturated rings. The Morgan fingerprint density at radius 3 is 2.42 bits per heavy atom. The molecule has 24 heavy (non-hydrogen) atoms. The molecule has 126 valence electrons. The molecule has 0 saturated carbocycles. The molecule has 0 saturated heterocycles. The molecule has 0 aliphatic carbocycles. The summed E-state index contributed by atoms with van der Waals surface area (Å²) in [5, 5.41) is 6.02. The lowest BCUT2D eigenvalue weighted by Gasteiger charge is -2.10. The van der Waals surface area contributed by atoms with E-state index in [1.807, 2.05) is 30.3 Å². The van der Waals surface area contributed by atoms with Crippen LogP contribution in [0.25, 0.3) is 0 Å². The molecule has 0 spiro atoms. The molecule has 1 aromatic carbocycles. The zero-order chi connectivity index (χ0) is 17.7. The van der Waals surface area contributed by atoms with E-state index in [2.05, 4.69) is 10.6 Å². The van der Waals surface area contributed by atoms with Gasteiger partial charge in [0.25, 0.3) is 0 Å². The van der Waals surface area contributed by atoms with Crippen molar-refractivity contribution in [2.45, 2.75) is 20.8 Å². The number of carbonyl (C=O) groups excluding carboxylic acids is 2. The minimum atomic E-state index is -0.635. The molecular formula is C17H18N2O4S. The van der Waals surface area contributed by atoms with Crippen molar-refractivity contribution in [3.63, 3.8) is 0 Å². The Bertz CT molecular complexity index is 768. The van der Waals surface area contributed by atoms with Crippen molar-refractivity contribution in [2.24, 2.45) is 0 Å². The lowest BCUT2D eigenvalue weighted by molar-refractivity contribution is 0.0524. The van der Waals surface area contributed by atoms with Crippen LogP contribution in [0.2, 0.25) is 0 Å². The largest absolute Gasteiger partial charge is 0.462 e.